The lowest BCUT2D eigenvalue weighted by Gasteiger charge is -2.22. The van der Waals surface area contributed by atoms with Gasteiger partial charge in [0, 0.05) is 31.7 Å². The molecule has 0 radical (unpaired) electrons. The highest BCUT2D eigenvalue weighted by molar-refractivity contribution is 8.18. The van der Waals surface area contributed by atoms with Crippen molar-refractivity contribution in [1.29, 1.82) is 0 Å². The number of carbonyl (C=O) groups is 3. The van der Waals surface area contributed by atoms with Crippen molar-refractivity contribution in [2.75, 3.05) is 31.1 Å². The van der Waals surface area contributed by atoms with Gasteiger partial charge in [0.1, 0.15) is 11.6 Å². The Labute approximate surface area is 181 Å². The van der Waals surface area contributed by atoms with Crippen molar-refractivity contribution < 1.29 is 23.9 Å². The lowest BCUT2D eigenvalue weighted by molar-refractivity contribution is -0.115. The molecule has 0 spiro atoms. The van der Waals surface area contributed by atoms with Crippen LogP contribution in [0.1, 0.15) is 12.0 Å². The molecule has 4 rings (SSSR count). The molecule has 2 aromatic rings. The lowest BCUT2D eigenvalue weighted by atomic mass is 10.1. The van der Waals surface area contributed by atoms with Gasteiger partial charge >= 0.3 is 6.09 Å². The number of halogens is 1. The quantitative estimate of drug-likeness (QED) is 0.696. The minimum atomic E-state index is -0.953. The molecular formula is C20H18FN5O4S. The zero-order valence-corrected chi connectivity index (χ0v) is 17.1. The lowest BCUT2D eigenvalue weighted by Crippen LogP contribution is -2.34. The van der Waals surface area contributed by atoms with Gasteiger partial charge < -0.3 is 14.9 Å². The summed E-state index contributed by atoms with van der Waals surface area (Å²) in [7, 11) is 0. The van der Waals surface area contributed by atoms with Gasteiger partial charge in [-0.2, -0.15) is 0 Å². The third kappa shape index (κ3) is 4.66. The third-order valence-corrected chi connectivity index (χ3v) is 5.73. The summed E-state index contributed by atoms with van der Waals surface area (Å²) < 4.78 is 14.6. The van der Waals surface area contributed by atoms with Crippen molar-refractivity contribution >= 4 is 40.9 Å². The molecule has 160 valence electrons. The van der Waals surface area contributed by atoms with Crippen LogP contribution in [0.4, 0.5) is 19.8 Å². The van der Waals surface area contributed by atoms with E-state index in [-0.39, 0.29) is 10.5 Å². The highest BCUT2D eigenvalue weighted by Crippen LogP contribution is 2.29. The van der Waals surface area contributed by atoms with Crippen LogP contribution in [0.15, 0.2) is 35.5 Å². The zero-order valence-electron chi connectivity index (χ0n) is 16.2. The number of benzene rings is 1. The largest absolute Gasteiger partial charge is 0.465 e. The van der Waals surface area contributed by atoms with Crippen LogP contribution in [-0.4, -0.2) is 63.4 Å². The second-order valence-corrected chi connectivity index (χ2v) is 7.98. The predicted octanol–water partition coefficient (Wildman–Crippen LogP) is 2.80. The van der Waals surface area contributed by atoms with E-state index in [1.807, 2.05) is 4.90 Å². The minimum Gasteiger partial charge on any atom is -0.465 e. The first-order chi connectivity index (χ1) is 14.9. The highest BCUT2D eigenvalue weighted by atomic mass is 32.2. The Morgan fingerprint density at radius 1 is 1.19 bits per heavy atom. The molecular weight excluding hydrogens is 425 g/mol. The second kappa shape index (κ2) is 8.72. The first-order valence-corrected chi connectivity index (χ1v) is 10.3. The van der Waals surface area contributed by atoms with Gasteiger partial charge in [-0.3, -0.25) is 19.9 Å². The average molecular weight is 443 g/mol. The number of nitrogens with zero attached hydrogens (tertiary/aromatic N) is 4. The third-order valence-electron chi connectivity index (χ3n) is 4.92. The van der Waals surface area contributed by atoms with Gasteiger partial charge in [-0.15, -0.1) is 0 Å². The van der Waals surface area contributed by atoms with E-state index >= 15 is 0 Å². The number of aromatic nitrogens is 2. The normalized spacial score (nSPS) is 18.3. The summed E-state index contributed by atoms with van der Waals surface area (Å²) in [6.07, 6.45) is 4.22. The van der Waals surface area contributed by atoms with E-state index in [1.54, 1.807) is 12.3 Å². The number of hydrogen-bond acceptors (Lipinski definition) is 7. The number of amides is 3. The maximum Gasteiger partial charge on any atom is 0.407 e. The fourth-order valence-corrected chi connectivity index (χ4v) is 4.06. The fourth-order valence-electron chi connectivity index (χ4n) is 3.38. The van der Waals surface area contributed by atoms with Crippen LogP contribution >= 0.6 is 11.8 Å². The summed E-state index contributed by atoms with van der Waals surface area (Å²) >= 11 is 0.787. The SMILES string of the molecule is O=C1NC(=O)C(=Cc2ccc(F)c(-c3cncc(N4CCCN(C(=O)O)CC4)n3)c2)S1. The predicted molar refractivity (Wildman–Crippen MR) is 113 cm³/mol. The second-order valence-electron chi connectivity index (χ2n) is 6.96. The Morgan fingerprint density at radius 2 is 2.03 bits per heavy atom. The molecule has 3 heterocycles. The highest BCUT2D eigenvalue weighted by Gasteiger charge is 2.25. The molecule has 2 fully saturated rings. The van der Waals surface area contributed by atoms with Gasteiger partial charge in [-0.1, -0.05) is 6.07 Å². The van der Waals surface area contributed by atoms with Gasteiger partial charge in [0.15, 0.2) is 0 Å². The Balaban J connectivity index is 1.60. The molecule has 31 heavy (non-hydrogen) atoms. The van der Waals surface area contributed by atoms with Crippen LogP contribution in [0.3, 0.4) is 0 Å². The van der Waals surface area contributed by atoms with Crippen molar-refractivity contribution in [3.05, 3.63) is 46.9 Å². The van der Waals surface area contributed by atoms with Crippen LogP contribution in [0.25, 0.3) is 17.3 Å². The topological polar surface area (TPSA) is 116 Å². The molecule has 2 aliphatic heterocycles. The average Bonchev–Trinajstić information content (AvgIpc) is 2.94. The molecule has 0 aliphatic carbocycles. The molecule has 2 N–H and O–H groups in total. The molecule has 0 unspecified atom stereocenters. The smallest absolute Gasteiger partial charge is 0.407 e. The standard InChI is InChI=1S/C20H18FN5O4S/c21-14-3-2-12(9-16-18(27)24-19(28)31-16)8-13(14)15-10-22-11-17(23-15)25-4-1-5-26(7-6-25)20(29)30/h2-3,8-11H,1,4-7H2,(H,29,30)(H,24,27,28). The van der Waals surface area contributed by atoms with E-state index in [0.717, 1.165) is 11.8 Å². The van der Waals surface area contributed by atoms with E-state index in [4.69, 9.17) is 0 Å². The Bertz CT molecular complexity index is 1090. The summed E-state index contributed by atoms with van der Waals surface area (Å²) in [6.45, 7) is 1.85. The van der Waals surface area contributed by atoms with Crippen molar-refractivity contribution in [2.24, 2.45) is 0 Å². The first-order valence-electron chi connectivity index (χ1n) is 9.50. The summed E-state index contributed by atoms with van der Waals surface area (Å²) in [4.78, 5) is 46.5. The van der Waals surface area contributed by atoms with Gasteiger partial charge in [-0.25, -0.2) is 14.2 Å². The number of anilines is 1. The van der Waals surface area contributed by atoms with Crippen LogP contribution in [0.2, 0.25) is 0 Å². The van der Waals surface area contributed by atoms with Crippen LogP contribution in [0, 0.1) is 5.82 Å². The van der Waals surface area contributed by atoms with E-state index in [0.29, 0.717) is 49.7 Å². The zero-order chi connectivity index (χ0) is 22.0. The Kier molecular flexibility index (Phi) is 5.85. The fraction of sp³-hybridized carbons (Fsp3) is 0.250. The van der Waals surface area contributed by atoms with Crippen LogP contribution in [0.5, 0.6) is 0 Å². The molecule has 2 aliphatic rings. The Hall–Kier alpha value is -3.47. The molecule has 0 atom stereocenters. The maximum absolute atomic E-state index is 14.6. The number of thioether (sulfide) groups is 1. The number of nitrogens with one attached hydrogen (secondary N) is 1. The van der Waals surface area contributed by atoms with Crippen molar-refractivity contribution in [1.82, 2.24) is 20.2 Å². The molecule has 9 nitrogen and oxygen atoms in total. The van der Waals surface area contributed by atoms with Crippen LogP contribution < -0.4 is 10.2 Å². The van der Waals surface area contributed by atoms with Gasteiger partial charge in [0.05, 0.1) is 23.0 Å². The molecule has 11 heteroatoms. The van der Waals surface area contributed by atoms with Crippen molar-refractivity contribution in [3.63, 3.8) is 0 Å². The van der Waals surface area contributed by atoms with Gasteiger partial charge in [0.25, 0.3) is 11.1 Å². The maximum atomic E-state index is 14.6. The summed E-state index contributed by atoms with van der Waals surface area (Å²) in [6, 6.07) is 4.32. The van der Waals surface area contributed by atoms with Gasteiger partial charge in [0.2, 0.25) is 0 Å². The molecule has 1 aromatic carbocycles. The van der Waals surface area contributed by atoms with Crippen molar-refractivity contribution in [2.45, 2.75) is 6.42 Å². The van der Waals surface area contributed by atoms with E-state index in [2.05, 4.69) is 15.3 Å². The summed E-state index contributed by atoms with van der Waals surface area (Å²) in [5, 5.41) is 10.9. The number of carboxylic acid groups (broad SMARTS) is 1. The molecule has 0 saturated carbocycles. The first kappa shape index (κ1) is 20.8. The summed E-state index contributed by atoms with van der Waals surface area (Å²) in [5.74, 6) is -0.454. The van der Waals surface area contributed by atoms with E-state index in [1.165, 1.54) is 29.3 Å². The Morgan fingerprint density at radius 3 is 2.77 bits per heavy atom. The molecule has 2 saturated heterocycles. The minimum absolute atomic E-state index is 0.209. The summed E-state index contributed by atoms with van der Waals surface area (Å²) in [5.41, 5.74) is 1.07. The number of imide groups is 1. The molecule has 0 bridgehead atoms. The van der Waals surface area contributed by atoms with E-state index < -0.39 is 23.1 Å². The number of rotatable bonds is 3. The van der Waals surface area contributed by atoms with Gasteiger partial charge in [-0.05, 0) is 42.0 Å². The molecule has 1 aromatic heterocycles. The monoisotopic (exact) mass is 443 g/mol. The number of hydrogen-bond donors (Lipinski definition) is 2. The number of carbonyl (C=O) groups excluding carboxylic acids is 2. The van der Waals surface area contributed by atoms with Crippen LogP contribution in [-0.2, 0) is 4.79 Å². The van der Waals surface area contributed by atoms with E-state index in [9.17, 15) is 23.9 Å². The molecule has 3 amide bonds. The van der Waals surface area contributed by atoms with Crippen molar-refractivity contribution in [3.8, 4) is 11.3 Å².